The molecular formula is C8H11NO2. The normalized spacial score (nSPS) is 35.5. The van der Waals surface area contributed by atoms with Crippen LogP contribution < -0.4 is 5.48 Å². The van der Waals surface area contributed by atoms with Crippen LogP contribution in [0.4, 0.5) is 0 Å². The van der Waals surface area contributed by atoms with Crippen molar-refractivity contribution in [2.45, 2.75) is 19.1 Å². The fourth-order valence-corrected chi connectivity index (χ4v) is 1.44. The Balaban J connectivity index is 2.11. The first-order valence-corrected chi connectivity index (χ1v) is 3.83. The zero-order valence-corrected chi connectivity index (χ0v) is 6.16. The van der Waals surface area contributed by atoms with Crippen LogP contribution in [0, 0.1) is 5.92 Å². The number of aliphatic hydroxyl groups is 1. The summed E-state index contributed by atoms with van der Waals surface area (Å²) in [5.41, 5.74) is 2.53. The minimum atomic E-state index is -0.511. The van der Waals surface area contributed by atoms with Crippen molar-refractivity contribution in [3.8, 4) is 0 Å². The first-order chi connectivity index (χ1) is 5.36. The highest BCUT2D eigenvalue weighted by atomic mass is 16.7. The second-order valence-corrected chi connectivity index (χ2v) is 2.90. The maximum Gasteiger partial charge on any atom is 0.137 e. The van der Waals surface area contributed by atoms with E-state index in [0.29, 0.717) is 5.92 Å². The molecule has 2 atom stereocenters. The van der Waals surface area contributed by atoms with Crippen LogP contribution in [-0.2, 0) is 4.84 Å². The average molecular weight is 153 g/mol. The van der Waals surface area contributed by atoms with Crippen molar-refractivity contribution in [2.75, 3.05) is 0 Å². The van der Waals surface area contributed by atoms with Gasteiger partial charge in [0, 0.05) is 5.92 Å². The molecule has 2 aliphatic rings. The van der Waals surface area contributed by atoms with Gasteiger partial charge in [0.2, 0.25) is 0 Å². The molecule has 3 heteroatoms. The zero-order valence-electron chi connectivity index (χ0n) is 6.16. The standard InChI is InChI=1S/C8H11NO2/c10-8-5-6-3-1-2-4-7(6)11-9-8/h1-2,4,6,8-10H,3,5H2. The fraction of sp³-hybridized carbons (Fsp3) is 0.500. The molecule has 0 aromatic rings. The molecule has 1 saturated heterocycles. The van der Waals surface area contributed by atoms with E-state index in [4.69, 9.17) is 9.94 Å². The lowest BCUT2D eigenvalue weighted by Crippen LogP contribution is -2.38. The molecule has 2 unspecified atom stereocenters. The molecule has 60 valence electrons. The smallest absolute Gasteiger partial charge is 0.137 e. The molecule has 0 amide bonds. The molecule has 0 radical (unpaired) electrons. The van der Waals surface area contributed by atoms with Crippen molar-refractivity contribution in [2.24, 2.45) is 5.92 Å². The van der Waals surface area contributed by atoms with Crippen molar-refractivity contribution in [1.29, 1.82) is 0 Å². The Morgan fingerprint density at radius 3 is 3.45 bits per heavy atom. The lowest BCUT2D eigenvalue weighted by molar-refractivity contribution is -0.0760. The van der Waals surface area contributed by atoms with Crippen LogP contribution >= 0.6 is 0 Å². The van der Waals surface area contributed by atoms with E-state index in [2.05, 4.69) is 11.6 Å². The van der Waals surface area contributed by atoms with Gasteiger partial charge in [-0.15, -0.1) is 5.48 Å². The third-order valence-electron chi connectivity index (χ3n) is 2.04. The van der Waals surface area contributed by atoms with E-state index >= 15 is 0 Å². The Morgan fingerprint density at radius 2 is 2.55 bits per heavy atom. The van der Waals surface area contributed by atoms with Crippen LogP contribution in [0.3, 0.4) is 0 Å². The van der Waals surface area contributed by atoms with E-state index in [0.717, 1.165) is 18.6 Å². The van der Waals surface area contributed by atoms with Crippen LogP contribution in [0.1, 0.15) is 12.8 Å². The Kier molecular flexibility index (Phi) is 1.68. The molecule has 1 fully saturated rings. The SMILES string of the molecule is OC1CC2CC=CC=C2ON1. The molecule has 1 heterocycles. The molecule has 0 aromatic heterocycles. The largest absolute Gasteiger partial charge is 0.410 e. The van der Waals surface area contributed by atoms with E-state index in [1.165, 1.54) is 0 Å². The van der Waals surface area contributed by atoms with Crippen LogP contribution in [-0.4, -0.2) is 11.3 Å². The van der Waals surface area contributed by atoms with E-state index in [1.54, 1.807) is 0 Å². The van der Waals surface area contributed by atoms with Crippen molar-refractivity contribution in [3.63, 3.8) is 0 Å². The van der Waals surface area contributed by atoms with Crippen LogP contribution in [0.15, 0.2) is 24.0 Å². The van der Waals surface area contributed by atoms with Crippen molar-refractivity contribution in [3.05, 3.63) is 24.0 Å². The summed E-state index contributed by atoms with van der Waals surface area (Å²) in [4.78, 5) is 5.10. The van der Waals surface area contributed by atoms with Gasteiger partial charge in [-0.2, -0.15) is 0 Å². The third kappa shape index (κ3) is 1.29. The molecule has 11 heavy (non-hydrogen) atoms. The number of hydrogen-bond donors (Lipinski definition) is 2. The van der Waals surface area contributed by atoms with E-state index in [9.17, 15) is 0 Å². The first-order valence-electron chi connectivity index (χ1n) is 3.83. The molecule has 2 N–H and O–H groups in total. The number of allylic oxidation sites excluding steroid dienone is 4. The van der Waals surface area contributed by atoms with Crippen molar-refractivity contribution < 1.29 is 9.94 Å². The molecule has 0 aromatic carbocycles. The van der Waals surface area contributed by atoms with Gasteiger partial charge in [-0.25, -0.2) is 0 Å². The summed E-state index contributed by atoms with van der Waals surface area (Å²) in [7, 11) is 0. The Bertz CT molecular complexity index is 210. The van der Waals surface area contributed by atoms with Gasteiger partial charge in [0.05, 0.1) is 0 Å². The molecular weight excluding hydrogens is 142 g/mol. The van der Waals surface area contributed by atoms with Crippen LogP contribution in [0.2, 0.25) is 0 Å². The lowest BCUT2D eigenvalue weighted by Gasteiger charge is -2.29. The predicted octanol–water partition coefficient (Wildman–Crippen LogP) is 0.690. The van der Waals surface area contributed by atoms with E-state index in [1.807, 2.05) is 12.2 Å². The Hall–Kier alpha value is -0.800. The average Bonchev–Trinajstić information content (AvgIpc) is 2.04. The molecule has 3 nitrogen and oxygen atoms in total. The summed E-state index contributed by atoms with van der Waals surface area (Å²) < 4.78 is 0. The van der Waals surface area contributed by atoms with Gasteiger partial charge in [-0.1, -0.05) is 12.2 Å². The monoisotopic (exact) mass is 153 g/mol. The van der Waals surface area contributed by atoms with Crippen LogP contribution in [0.5, 0.6) is 0 Å². The van der Waals surface area contributed by atoms with Gasteiger partial charge in [-0.3, -0.25) is 0 Å². The number of hydroxylamine groups is 1. The number of aliphatic hydroxyl groups excluding tert-OH is 1. The molecule has 0 saturated carbocycles. The molecule has 0 bridgehead atoms. The van der Waals surface area contributed by atoms with E-state index < -0.39 is 6.23 Å². The first kappa shape index (κ1) is 6.88. The molecule has 1 aliphatic heterocycles. The molecule has 0 spiro atoms. The second kappa shape index (κ2) is 2.68. The van der Waals surface area contributed by atoms with Crippen LogP contribution in [0.25, 0.3) is 0 Å². The Labute approximate surface area is 65.3 Å². The highest BCUT2D eigenvalue weighted by Gasteiger charge is 2.25. The lowest BCUT2D eigenvalue weighted by atomic mass is 9.94. The van der Waals surface area contributed by atoms with Gasteiger partial charge in [0.25, 0.3) is 0 Å². The minimum Gasteiger partial charge on any atom is -0.410 e. The minimum absolute atomic E-state index is 0.372. The predicted molar refractivity (Wildman–Crippen MR) is 40.2 cm³/mol. The summed E-state index contributed by atoms with van der Waals surface area (Å²) in [6, 6.07) is 0. The van der Waals surface area contributed by atoms with Gasteiger partial charge in [0.1, 0.15) is 12.0 Å². The van der Waals surface area contributed by atoms with Gasteiger partial charge in [-0.05, 0) is 18.9 Å². The summed E-state index contributed by atoms with van der Waals surface area (Å²) >= 11 is 0. The highest BCUT2D eigenvalue weighted by Crippen LogP contribution is 2.27. The zero-order chi connectivity index (χ0) is 7.68. The quantitative estimate of drug-likeness (QED) is 0.538. The van der Waals surface area contributed by atoms with Gasteiger partial charge < -0.3 is 9.94 Å². The topological polar surface area (TPSA) is 41.5 Å². The molecule has 1 aliphatic carbocycles. The van der Waals surface area contributed by atoms with Crippen molar-refractivity contribution >= 4 is 0 Å². The number of hydrogen-bond acceptors (Lipinski definition) is 3. The highest BCUT2D eigenvalue weighted by molar-refractivity contribution is 5.17. The second-order valence-electron chi connectivity index (χ2n) is 2.90. The van der Waals surface area contributed by atoms with Crippen molar-refractivity contribution in [1.82, 2.24) is 5.48 Å². The summed E-state index contributed by atoms with van der Waals surface area (Å²) in [6.45, 7) is 0. The fourth-order valence-electron chi connectivity index (χ4n) is 1.44. The molecule has 2 rings (SSSR count). The van der Waals surface area contributed by atoms with E-state index in [-0.39, 0.29) is 0 Å². The number of fused-ring (bicyclic) bond motifs is 1. The maximum atomic E-state index is 9.16. The Morgan fingerprint density at radius 1 is 1.64 bits per heavy atom. The number of nitrogens with one attached hydrogen (secondary N) is 1. The maximum absolute atomic E-state index is 9.16. The summed E-state index contributed by atoms with van der Waals surface area (Å²) in [5.74, 6) is 1.31. The number of rotatable bonds is 0. The summed E-state index contributed by atoms with van der Waals surface area (Å²) in [6.07, 6.45) is 7.22. The third-order valence-corrected chi connectivity index (χ3v) is 2.04. The van der Waals surface area contributed by atoms with Gasteiger partial charge in [0.15, 0.2) is 0 Å². The summed E-state index contributed by atoms with van der Waals surface area (Å²) in [5, 5.41) is 9.16. The van der Waals surface area contributed by atoms with Gasteiger partial charge >= 0.3 is 0 Å².